The first-order valence-electron chi connectivity index (χ1n) is 7.05. The average molecular weight is 266 g/mol. The predicted octanol–water partition coefficient (Wildman–Crippen LogP) is 2.47. The average Bonchev–Trinajstić information content (AvgIpc) is 2.51. The van der Waals surface area contributed by atoms with E-state index in [2.05, 4.69) is 40.6 Å². The minimum atomic E-state index is 0.211. The minimum Gasteiger partial charge on any atom is -0.355 e. The van der Waals surface area contributed by atoms with Crippen molar-refractivity contribution in [2.45, 2.75) is 31.2 Å². The number of hydrogen-bond donors (Lipinski definition) is 1. The van der Waals surface area contributed by atoms with E-state index in [0.29, 0.717) is 5.92 Å². The molecular weight excluding hydrogens is 248 g/mol. The first kappa shape index (κ1) is 12.9. The molecule has 102 valence electrons. The van der Waals surface area contributed by atoms with Gasteiger partial charge in [-0.2, -0.15) is 0 Å². The van der Waals surface area contributed by atoms with Gasteiger partial charge in [0.15, 0.2) is 0 Å². The van der Waals surface area contributed by atoms with Gasteiger partial charge in [-0.05, 0) is 42.0 Å². The Balaban J connectivity index is 1.92. The standard InChI is InChI=1S/C17H18N2O/c20-12-19-17-8-7-14-5-1-2-6-15(14)16(17)10-13-4-3-9-18-11-13/h1-6,9,11-12,16-17H,7-8,10H2,(H,19,20). The molecule has 0 aliphatic heterocycles. The molecule has 1 aliphatic rings. The number of nitrogens with one attached hydrogen (secondary N) is 1. The molecule has 2 aromatic rings. The fraction of sp³-hybridized carbons (Fsp3) is 0.294. The van der Waals surface area contributed by atoms with Crippen LogP contribution in [0, 0.1) is 0 Å². The van der Waals surface area contributed by atoms with Crippen LogP contribution in [0.2, 0.25) is 0 Å². The van der Waals surface area contributed by atoms with Crippen LogP contribution in [-0.4, -0.2) is 17.4 Å². The topological polar surface area (TPSA) is 42.0 Å². The fourth-order valence-corrected chi connectivity index (χ4v) is 3.16. The number of carbonyl (C=O) groups excluding carboxylic acids is 1. The highest BCUT2D eigenvalue weighted by molar-refractivity contribution is 5.48. The third-order valence-electron chi connectivity index (χ3n) is 4.13. The number of aromatic nitrogens is 1. The van der Waals surface area contributed by atoms with Crippen LogP contribution in [0.5, 0.6) is 0 Å². The Morgan fingerprint density at radius 1 is 1.25 bits per heavy atom. The zero-order valence-electron chi connectivity index (χ0n) is 11.3. The molecule has 0 bridgehead atoms. The lowest BCUT2D eigenvalue weighted by molar-refractivity contribution is -0.110. The molecule has 0 fully saturated rings. The summed E-state index contributed by atoms with van der Waals surface area (Å²) in [6.07, 6.45) is 7.48. The molecule has 1 aliphatic carbocycles. The van der Waals surface area contributed by atoms with Crippen molar-refractivity contribution >= 4 is 6.41 Å². The molecule has 0 saturated carbocycles. The van der Waals surface area contributed by atoms with E-state index in [-0.39, 0.29) is 6.04 Å². The molecule has 0 radical (unpaired) electrons. The van der Waals surface area contributed by atoms with Gasteiger partial charge in [0, 0.05) is 24.4 Å². The van der Waals surface area contributed by atoms with Crippen LogP contribution < -0.4 is 5.32 Å². The van der Waals surface area contributed by atoms with E-state index in [1.54, 1.807) is 6.20 Å². The highest BCUT2D eigenvalue weighted by Gasteiger charge is 2.29. The van der Waals surface area contributed by atoms with Gasteiger partial charge in [0.2, 0.25) is 6.41 Å². The Bertz CT molecular complexity index is 583. The van der Waals surface area contributed by atoms with E-state index in [9.17, 15) is 4.79 Å². The number of rotatable bonds is 4. The Morgan fingerprint density at radius 3 is 2.95 bits per heavy atom. The number of aryl methyl sites for hydroxylation is 1. The lowest BCUT2D eigenvalue weighted by Crippen LogP contribution is -2.38. The fourth-order valence-electron chi connectivity index (χ4n) is 3.16. The normalized spacial score (nSPS) is 21.0. The highest BCUT2D eigenvalue weighted by Crippen LogP contribution is 2.34. The molecule has 0 saturated heterocycles. The third kappa shape index (κ3) is 2.57. The SMILES string of the molecule is O=CNC1CCc2ccccc2C1Cc1cccnc1. The van der Waals surface area contributed by atoms with Crippen molar-refractivity contribution in [1.29, 1.82) is 0 Å². The summed E-state index contributed by atoms with van der Waals surface area (Å²) in [7, 11) is 0. The van der Waals surface area contributed by atoms with Gasteiger partial charge in [-0.25, -0.2) is 0 Å². The lowest BCUT2D eigenvalue weighted by Gasteiger charge is -2.33. The summed E-state index contributed by atoms with van der Waals surface area (Å²) < 4.78 is 0. The van der Waals surface area contributed by atoms with Crippen LogP contribution in [0.4, 0.5) is 0 Å². The van der Waals surface area contributed by atoms with Gasteiger partial charge in [-0.3, -0.25) is 9.78 Å². The molecule has 3 rings (SSSR count). The Labute approximate surface area is 119 Å². The van der Waals surface area contributed by atoms with Crippen LogP contribution in [0.25, 0.3) is 0 Å². The predicted molar refractivity (Wildman–Crippen MR) is 78.4 cm³/mol. The van der Waals surface area contributed by atoms with Crippen molar-refractivity contribution in [3.05, 3.63) is 65.5 Å². The Hall–Kier alpha value is -2.16. The number of benzene rings is 1. The maximum Gasteiger partial charge on any atom is 0.207 e. The second-order valence-electron chi connectivity index (χ2n) is 5.30. The van der Waals surface area contributed by atoms with Gasteiger partial charge in [0.1, 0.15) is 0 Å². The first-order chi connectivity index (χ1) is 9.88. The zero-order valence-corrected chi connectivity index (χ0v) is 11.3. The molecule has 20 heavy (non-hydrogen) atoms. The largest absolute Gasteiger partial charge is 0.355 e. The molecule has 2 atom stereocenters. The Kier molecular flexibility index (Phi) is 3.77. The number of pyridine rings is 1. The van der Waals surface area contributed by atoms with Gasteiger partial charge in [-0.15, -0.1) is 0 Å². The number of amides is 1. The molecule has 1 heterocycles. The van der Waals surface area contributed by atoms with Crippen molar-refractivity contribution in [2.75, 3.05) is 0 Å². The van der Waals surface area contributed by atoms with Crippen LogP contribution in [0.1, 0.15) is 29.0 Å². The monoisotopic (exact) mass is 266 g/mol. The number of carbonyl (C=O) groups is 1. The summed E-state index contributed by atoms with van der Waals surface area (Å²) >= 11 is 0. The molecule has 1 aromatic heterocycles. The van der Waals surface area contributed by atoms with Crippen molar-refractivity contribution in [3.63, 3.8) is 0 Å². The van der Waals surface area contributed by atoms with E-state index in [1.165, 1.54) is 16.7 Å². The molecule has 0 spiro atoms. The summed E-state index contributed by atoms with van der Waals surface area (Å²) in [5.41, 5.74) is 3.99. The van der Waals surface area contributed by atoms with Gasteiger partial charge in [0.05, 0.1) is 0 Å². The smallest absolute Gasteiger partial charge is 0.207 e. The van der Waals surface area contributed by atoms with Crippen molar-refractivity contribution in [2.24, 2.45) is 0 Å². The van der Waals surface area contributed by atoms with Crippen LogP contribution in [-0.2, 0) is 17.6 Å². The number of fused-ring (bicyclic) bond motifs is 1. The number of nitrogens with zero attached hydrogens (tertiary/aromatic N) is 1. The second-order valence-corrected chi connectivity index (χ2v) is 5.30. The maximum absolute atomic E-state index is 10.9. The van der Waals surface area contributed by atoms with Gasteiger partial charge < -0.3 is 5.32 Å². The second kappa shape index (κ2) is 5.87. The summed E-state index contributed by atoms with van der Waals surface area (Å²) in [5.74, 6) is 0.328. The van der Waals surface area contributed by atoms with E-state index >= 15 is 0 Å². The number of hydrogen-bond acceptors (Lipinski definition) is 2. The zero-order chi connectivity index (χ0) is 13.8. The van der Waals surface area contributed by atoms with Crippen molar-refractivity contribution < 1.29 is 4.79 Å². The van der Waals surface area contributed by atoms with Crippen molar-refractivity contribution in [3.8, 4) is 0 Å². The molecular formula is C17H18N2O. The van der Waals surface area contributed by atoms with Gasteiger partial charge >= 0.3 is 0 Å². The minimum absolute atomic E-state index is 0.211. The first-order valence-corrected chi connectivity index (χ1v) is 7.05. The summed E-state index contributed by atoms with van der Waals surface area (Å²) in [6, 6.07) is 12.8. The lowest BCUT2D eigenvalue weighted by atomic mass is 9.76. The van der Waals surface area contributed by atoms with E-state index in [0.717, 1.165) is 25.7 Å². The summed E-state index contributed by atoms with van der Waals surface area (Å²) in [5, 5.41) is 2.99. The van der Waals surface area contributed by atoms with Crippen LogP contribution >= 0.6 is 0 Å². The third-order valence-corrected chi connectivity index (χ3v) is 4.13. The molecule has 1 amide bonds. The van der Waals surface area contributed by atoms with E-state index in [1.807, 2.05) is 12.3 Å². The van der Waals surface area contributed by atoms with Crippen molar-refractivity contribution in [1.82, 2.24) is 10.3 Å². The molecule has 2 unspecified atom stereocenters. The molecule has 3 heteroatoms. The summed E-state index contributed by atoms with van der Waals surface area (Å²) in [4.78, 5) is 15.0. The molecule has 3 nitrogen and oxygen atoms in total. The molecule has 1 aromatic carbocycles. The van der Waals surface area contributed by atoms with E-state index < -0.39 is 0 Å². The van der Waals surface area contributed by atoms with Crippen LogP contribution in [0.15, 0.2) is 48.8 Å². The molecule has 1 N–H and O–H groups in total. The quantitative estimate of drug-likeness (QED) is 0.864. The van der Waals surface area contributed by atoms with E-state index in [4.69, 9.17) is 0 Å². The summed E-state index contributed by atoms with van der Waals surface area (Å²) in [6.45, 7) is 0. The maximum atomic E-state index is 10.9. The van der Waals surface area contributed by atoms with Gasteiger partial charge in [0.25, 0.3) is 0 Å². The van der Waals surface area contributed by atoms with Gasteiger partial charge in [-0.1, -0.05) is 30.3 Å². The Morgan fingerprint density at radius 2 is 2.15 bits per heavy atom. The van der Waals surface area contributed by atoms with Crippen LogP contribution in [0.3, 0.4) is 0 Å². The highest BCUT2D eigenvalue weighted by atomic mass is 16.1.